The summed E-state index contributed by atoms with van der Waals surface area (Å²) in [6.45, 7) is 4.34. The first-order valence-corrected chi connectivity index (χ1v) is 7.08. The summed E-state index contributed by atoms with van der Waals surface area (Å²) in [5.41, 5.74) is 0.817. The molecule has 1 N–H and O–H groups in total. The second kappa shape index (κ2) is 6.66. The third kappa shape index (κ3) is 5.21. The van der Waals surface area contributed by atoms with Crippen molar-refractivity contribution in [2.75, 3.05) is 19.6 Å². The fraction of sp³-hybridized carbons (Fsp3) is 0.600. The van der Waals surface area contributed by atoms with Crippen LogP contribution in [0.5, 0.6) is 5.75 Å². The zero-order valence-electron chi connectivity index (χ0n) is 11.9. The molecule has 0 spiro atoms. The van der Waals surface area contributed by atoms with Gasteiger partial charge in [-0.1, -0.05) is 12.1 Å². The van der Waals surface area contributed by atoms with Gasteiger partial charge in [0.05, 0.1) is 6.10 Å². The van der Waals surface area contributed by atoms with Crippen LogP contribution in [0.4, 0.5) is 13.2 Å². The van der Waals surface area contributed by atoms with E-state index in [4.69, 9.17) is 0 Å². The second-order valence-corrected chi connectivity index (χ2v) is 5.54. The van der Waals surface area contributed by atoms with Gasteiger partial charge in [-0.25, -0.2) is 0 Å². The molecule has 2 rings (SSSR count). The number of alkyl halides is 3. The van der Waals surface area contributed by atoms with Crippen molar-refractivity contribution >= 4 is 0 Å². The highest BCUT2D eigenvalue weighted by atomic mass is 19.4. The Kier molecular flexibility index (Phi) is 5.11. The molecule has 0 amide bonds. The zero-order chi connectivity index (χ0) is 15.5. The summed E-state index contributed by atoms with van der Waals surface area (Å²) in [5, 5.41) is 9.55. The van der Waals surface area contributed by atoms with Gasteiger partial charge in [0.2, 0.25) is 0 Å². The maximum atomic E-state index is 12.2. The van der Waals surface area contributed by atoms with Crippen LogP contribution in [0.15, 0.2) is 24.3 Å². The number of rotatable bonds is 5. The van der Waals surface area contributed by atoms with Crippen LogP contribution in [0, 0.1) is 5.92 Å². The molecule has 118 valence electrons. The minimum absolute atomic E-state index is 0.178. The Bertz CT molecular complexity index is 462. The Morgan fingerprint density at radius 3 is 2.81 bits per heavy atom. The highest BCUT2D eigenvalue weighted by Gasteiger charge is 2.31. The third-order valence-corrected chi connectivity index (χ3v) is 3.84. The zero-order valence-corrected chi connectivity index (χ0v) is 11.9. The van der Waals surface area contributed by atoms with Gasteiger partial charge < -0.3 is 14.7 Å². The van der Waals surface area contributed by atoms with Gasteiger partial charge in [0.25, 0.3) is 0 Å². The van der Waals surface area contributed by atoms with Gasteiger partial charge >= 0.3 is 6.36 Å². The number of likely N-dealkylation sites (tertiary alicyclic amines) is 1. The lowest BCUT2D eigenvalue weighted by atomic mass is 10.0. The lowest BCUT2D eigenvalue weighted by Crippen LogP contribution is -2.26. The summed E-state index contributed by atoms with van der Waals surface area (Å²) < 4.78 is 40.4. The molecule has 3 nitrogen and oxygen atoms in total. The SMILES string of the molecule is CC(O)C1CCN(CCc2cccc(OC(F)(F)F)c2)C1. The number of hydrogen-bond acceptors (Lipinski definition) is 3. The van der Waals surface area contributed by atoms with Crippen LogP contribution in [0.3, 0.4) is 0 Å². The Hall–Kier alpha value is -1.27. The minimum Gasteiger partial charge on any atom is -0.406 e. The standard InChI is InChI=1S/C15H20F3NO2/c1-11(20)13-6-8-19(10-13)7-5-12-3-2-4-14(9-12)21-15(16,17)18/h2-4,9,11,13,20H,5-8,10H2,1H3. The molecular weight excluding hydrogens is 283 g/mol. The van der Waals surface area contributed by atoms with E-state index in [-0.39, 0.29) is 11.9 Å². The van der Waals surface area contributed by atoms with Crippen molar-refractivity contribution in [1.29, 1.82) is 0 Å². The van der Waals surface area contributed by atoms with Crippen LogP contribution in [0.1, 0.15) is 18.9 Å². The molecular formula is C15H20F3NO2. The number of hydrogen-bond donors (Lipinski definition) is 1. The molecule has 1 fully saturated rings. The van der Waals surface area contributed by atoms with E-state index in [2.05, 4.69) is 9.64 Å². The molecule has 21 heavy (non-hydrogen) atoms. The predicted molar refractivity (Wildman–Crippen MR) is 73.1 cm³/mol. The molecule has 6 heteroatoms. The van der Waals surface area contributed by atoms with Gasteiger partial charge in [0, 0.05) is 13.1 Å². The summed E-state index contributed by atoms with van der Waals surface area (Å²) in [7, 11) is 0. The molecule has 1 saturated heterocycles. The average molecular weight is 303 g/mol. The highest BCUT2D eigenvalue weighted by Crippen LogP contribution is 2.24. The van der Waals surface area contributed by atoms with Crippen molar-refractivity contribution in [2.24, 2.45) is 5.92 Å². The summed E-state index contributed by atoms with van der Waals surface area (Å²) >= 11 is 0. The second-order valence-electron chi connectivity index (χ2n) is 5.54. The van der Waals surface area contributed by atoms with Crippen LogP contribution in [-0.2, 0) is 6.42 Å². The van der Waals surface area contributed by atoms with Crippen LogP contribution in [-0.4, -0.2) is 42.1 Å². The summed E-state index contributed by atoms with van der Waals surface area (Å²) in [6, 6.07) is 6.09. The van der Waals surface area contributed by atoms with E-state index < -0.39 is 6.36 Å². The van der Waals surface area contributed by atoms with E-state index in [0.29, 0.717) is 12.3 Å². The third-order valence-electron chi connectivity index (χ3n) is 3.84. The fourth-order valence-electron chi connectivity index (χ4n) is 2.64. The number of aliphatic hydroxyl groups excluding tert-OH is 1. The van der Waals surface area contributed by atoms with Crippen LogP contribution in [0.25, 0.3) is 0 Å². The first kappa shape index (κ1) is 16.1. The first-order valence-electron chi connectivity index (χ1n) is 7.08. The van der Waals surface area contributed by atoms with Gasteiger partial charge in [-0.2, -0.15) is 0 Å². The van der Waals surface area contributed by atoms with Gasteiger partial charge in [-0.15, -0.1) is 13.2 Å². The van der Waals surface area contributed by atoms with E-state index in [1.807, 2.05) is 0 Å². The van der Waals surface area contributed by atoms with E-state index >= 15 is 0 Å². The molecule has 0 radical (unpaired) electrons. The maximum absolute atomic E-state index is 12.2. The van der Waals surface area contributed by atoms with E-state index in [0.717, 1.165) is 31.6 Å². The Morgan fingerprint density at radius 2 is 2.19 bits per heavy atom. The monoisotopic (exact) mass is 303 g/mol. The molecule has 1 aliphatic rings. The topological polar surface area (TPSA) is 32.7 Å². The lowest BCUT2D eigenvalue weighted by molar-refractivity contribution is -0.274. The van der Waals surface area contributed by atoms with E-state index in [1.54, 1.807) is 19.1 Å². The molecule has 1 aromatic rings. The van der Waals surface area contributed by atoms with E-state index in [1.165, 1.54) is 12.1 Å². The molecule has 0 saturated carbocycles. The minimum atomic E-state index is -4.65. The van der Waals surface area contributed by atoms with Crippen molar-refractivity contribution in [3.05, 3.63) is 29.8 Å². The van der Waals surface area contributed by atoms with E-state index in [9.17, 15) is 18.3 Å². The molecule has 1 aliphatic heterocycles. The van der Waals surface area contributed by atoms with Gasteiger partial charge in [-0.3, -0.25) is 0 Å². The smallest absolute Gasteiger partial charge is 0.406 e. The van der Waals surface area contributed by atoms with Gasteiger partial charge in [-0.05, 0) is 49.9 Å². The molecule has 2 atom stereocenters. The van der Waals surface area contributed by atoms with Crippen molar-refractivity contribution in [1.82, 2.24) is 4.90 Å². The normalized spacial score (nSPS) is 21.5. The fourth-order valence-corrected chi connectivity index (χ4v) is 2.64. The molecule has 2 unspecified atom stereocenters. The number of halogens is 3. The molecule has 1 aromatic carbocycles. The van der Waals surface area contributed by atoms with Crippen molar-refractivity contribution in [2.45, 2.75) is 32.2 Å². The van der Waals surface area contributed by atoms with Crippen LogP contribution in [0.2, 0.25) is 0 Å². The highest BCUT2D eigenvalue weighted by molar-refractivity contribution is 5.28. The maximum Gasteiger partial charge on any atom is 0.573 e. The van der Waals surface area contributed by atoms with Crippen LogP contribution >= 0.6 is 0 Å². The molecule has 1 heterocycles. The molecule has 0 bridgehead atoms. The summed E-state index contributed by atoms with van der Waals surface area (Å²) in [4.78, 5) is 2.23. The number of benzene rings is 1. The Morgan fingerprint density at radius 1 is 1.43 bits per heavy atom. The van der Waals surface area contributed by atoms with Crippen molar-refractivity contribution in [3.63, 3.8) is 0 Å². The summed E-state index contributed by atoms with van der Waals surface area (Å²) in [6.07, 6.45) is -3.33. The van der Waals surface area contributed by atoms with Gasteiger partial charge in [0.15, 0.2) is 0 Å². The van der Waals surface area contributed by atoms with Crippen LogP contribution < -0.4 is 4.74 Å². The number of ether oxygens (including phenoxy) is 1. The predicted octanol–water partition coefficient (Wildman–Crippen LogP) is 2.83. The lowest BCUT2D eigenvalue weighted by Gasteiger charge is -2.17. The van der Waals surface area contributed by atoms with Crippen molar-refractivity contribution < 1.29 is 23.0 Å². The Labute approximate surface area is 122 Å². The average Bonchev–Trinajstić information content (AvgIpc) is 2.83. The number of nitrogens with zero attached hydrogens (tertiary/aromatic N) is 1. The number of aliphatic hydroxyl groups is 1. The van der Waals surface area contributed by atoms with Gasteiger partial charge in [0.1, 0.15) is 5.75 Å². The first-order chi connectivity index (χ1) is 9.83. The Balaban J connectivity index is 1.85. The quantitative estimate of drug-likeness (QED) is 0.908. The largest absolute Gasteiger partial charge is 0.573 e. The molecule has 0 aromatic heterocycles. The van der Waals surface area contributed by atoms with Crippen molar-refractivity contribution in [3.8, 4) is 5.75 Å². The molecule has 0 aliphatic carbocycles. The summed E-state index contributed by atoms with van der Waals surface area (Å²) in [5.74, 6) is 0.119.